The lowest BCUT2D eigenvalue weighted by atomic mass is 9.85. The molecule has 3 aromatic rings. The first-order chi connectivity index (χ1) is 15.2. The highest BCUT2D eigenvalue weighted by atomic mass is 16.2. The van der Waals surface area contributed by atoms with Crippen molar-refractivity contribution in [3.05, 3.63) is 90.5 Å². The Morgan fingerprint density at radius 1 is 0.774 bits per heavy atom. The van der Waals surface area contributed by atoms with E-state index in [9.17, 15) is 4.79 Å². The summed E-state index contributed by atoms with van der Waals surface area (Å²) in [5.41, 5.74) is 4.62. The third-order valence-electron chi connectivity index (χ3n) is 6.87. The van der Waals surface area contributed by atoms with Crippen LogP contribution in [0.3, 0.4) is 0 Å². The summed E-state index contributed by atoms with van der Waals surface area (Å²) in [6, 6.07) is 29.8. The van der Waals surface area contributed by atoms with E-state index in [0.717, 1.165) is 44.6 Å². The van der Waals surface area contributed by atoms with Gasteiger partial charge in [-0.25, -0.2) is 0 Å². The molecule has 2 saturated heterocycles. The van der Waals surface area contributed by atoms with E-state index in [1.165, 1.54) is 16.7 Å². The molecule has 0 aliphatic carbocycles. The Bertz CT molecular complexity index is 1010. The number of likely N-dealkylation sites (tertiary alicyclic amines) is 1. The quantitative estimate of drug-likeness (QED) is 0.679. The Kier molecular flexibility index (Phi) is 5.47. The standard InChI is InChI=1S/C27H29N3O/c31-26-27(30(21-28-26)25-9-5-2-6-10-25)16-19-29(20-17-27)18-15-22-11-13-24(14-12-22)23-7-3-1-4-8-23/h1-14H,15-21H2,(H,28,31). The fraction of sp³-hybridized carbons (Fsp3) is 0.296. The SMILES string of the molecule is O=C1NCN(c2ccccc2)C12CCN(CCc1ccc(-c3ccccc3)cc1)CC2. The second-order valence-corrected chi connectivity index (χ2v) is 8.61. The van der Waals surface area contributed by atoms with Gasteiger partial charge in [0.15, 0.2) is 0 Å². The van der Waals surface area contributed by atoms with Crippen molar-refractivity contribution < 1.29 is 4.79 Å². The molecule has 0 atom stereocenters. The Morgan fingerprint density at radius 3 is 2.06 bits per heavy atom. The lowest BCUT2D eigenvalue weighted by Gasteiger charge is -2.43. The number of carbonyl (C=O) groups is 1. The number of nitrogens with one attached hydrogen (secondary N) is 1. The highest BCUT2D eigenvalue weighted by molar-refractivity contribution is 5.93. The van der Waals surface area contributed by atoms with Crippen molar-refractivity contribution in [1.29, 1.82) is 0 Å². The van der Waals surface area contributed by atoms with Crippen LogP contribution in [0.15, 0.2) is 84.9 Å². The van der Waals surface area contributed by atoms with Crippen LogP contribution in [0.25, 0.3) is 11.1 Å². The summed E-state index contributed by atoms with van der Waals surface area (Å²) in [5.74, 6) is 0.188. The summed E-state index contributed by atoms with van der Waals surface area (Å²) >= 11 is 0. The van der Waals surface area contributed by atoms with Gasteiger partial charge in [0.05, 0.1) is 6.67 Å². The molecule has 2 fully saturated rings. The predicted octanol–water partition coefficient (Wildman–Crippen LogP) is 4.32. The molecule has 0 radical (unpaired) electrons. The van der Waals surface area contributed by atoms with Crippen molar-refractivity contribution in [2.45, 2.75) is 24.8 Å². The fourth-order valence-electron chi connectivity index (χ4n) is 4.96. The summed E-state index contributed by atoms with van der Waals surface area (Å²) in [6.07, 6.45) is 2.79. The van der Waals surface area contributed by atoms with Crippen LogP contribution in [0.5, 0.6) is 0 Å². The van der Waals surface area contributed by atoms with Crippen LogP contribution in [0.2, 0.25) is 0 Å². The third-order valence-corrected chi connectivity index (χ3v) is 6.87. The maximum atomic E-state index is 12.8. The van der Waals surface area contributed by atoms with Crippen LogP contribution < -0.4 is 10.2 Å². The van der Waals surface area contributed by atoms with Gasteiger partial charge in [-0.05, 0) is 48.1 Å². The Hall–Kier alpha value is -3.11. The zero-order valence-electron chi connectivity index (χ0n) is 17.8. The Balaban J connectivity index is 1.19. The molecule has 1 amide bonds. The molecular formula is C27H29N3O. The molecule has 0 unspecified atom stereocenters. The average Bonchev–Trinajstić information content (AvgIpc) is 3.15. The number of hydrogen-bond acceptors (Lipinski definition) is 3. The number of piperidine rings is 1. The average molecular weight is 412 g/mol. The van der Waals surface area contributed by atoms with E-state index in [4.69, 9.17) is 0 Å². The van der Waals surface area contributed by atoms with Crippen molar-refractivity contribution in [2.24, 2.45) is 0 Å². The van der Waals surface area contributed by atoms with Crippen LogP contribution in [-0.4, -0.2) is 42.6 Å². The van der Waals surface area contributed by atoms with Crippen molar-refractivity contribution in [1.82, 2.24) is 10.2 Å². The zero-order chi connectivity index (χ0) is 21.1. The molecule has 4 heteroatoms. The molecule has 158 valence electrons. The summed E-state index contributed by atoms with van der Waals surface area (Å²) in [5, 5.41) is 3.09. The first-order valence-corrected chi connectivity index (χ1v) is 11.2. The molecular weight excluding hydrogens is 382 g/mol. The normalized spacial score (nSPS) is 18.3. The van der Waals surface area contributed by atoms with Gasteiger partial charge in [-0.2, -0.15) is 0 Å². The van der Waals surface area contributed by atoms with Crippen molar-refractivity contribution in [3.63, 3.8) is 0 Å². The monoisotopic (exact) mass is 411 g/mol. The van der Waals surface area contributed by atoms with Gasteiger partial charge in [0.2, 0.25) is 5.91 Å². The lowest BCUT2D eigenvalue weighted by molar-refractivity contribution is -0.125. The number of anilines is 1. The van der Waals surface area contributed by atoms with E-state index >= 15 is 0 Å². The maximum Gasteiger partial charge on any atom is 0.247 e. The molecule has 31 heavy (non-hydrogen) atoms. The van der Waals surface area contributed by atoms with Gasteiger partial charge in [-0.15, -0.1) is 0 Å². The van der Waals surface area contributed by atoms with Gasteiger partial charge < -0.3 is 15.1 Å². The largest absolute Gasteiger partial charge is 0.339 e. The van der Waals surface area contributed by atoms with Crippen LogP contribution in [0.1, 0.15) is 18.4 Å². The molecule has 0 saturated carbocycles. The molecule has 1 spiro atoms. The first kappa shape index (κ1) is 19.8. The van der Waals surface area contributed by atoms with E-state index in [2.05, 4.69) is 81.8 Å². The van der Waals surface area contributed by atoms with Crippen molar-refractivity contribution in [3.8, 4) is 11.1 Å². The minimum Gasteiger partial charge on any atom is -0.339 e. The topological polar surface area (TPSA) is 35.6 Å². The molecule has 4 nitrogen and oxygen atoms in total. The van der Waals surface area contributed by atoms with Crippen LogP contribution in [0, 0.1) is 0 Å². The van der Waals surface area contributed by atoms with Crippen LogP contribution in [-0.2, 0) is 11.2 Å². The summed E-state index contributed by atoms with van der Waals surface area (Å²) < 4.78 is 0. The molecule has 0 aromatic heterocycles. The van der Waals surface area contributed by atoms with Crippen molar-refractivity contribution in [2.75, 3.05) is 31.2 Å². The molecule has 2 aliphatic heterocycles. The molecule has 2 aliphatic rings. The predicted molar refractivity (Wildman–Crippen MR) is 126 cm³/mol. The number of amides is 1. The number of hydrogen-bond donors (Lipinski definition) is 1. The van der Waals surface area contributed by atoms with Gasteiger partial charge in [0, 0.05) is 25.3 Å². The summed E-state index contributed by atoms with van der Waals surface area (Å²) in [7, 11) is 0. The third kappa shape index (κ3) is 3.96. The zero-order valence-corrected chi connectivity index (χ0v) is 17.8. The minimum atomic E-state index is -0.394. The Labute approximate surface area is 184 Å². The molecule has 1 N–H and O–H groups in total. The summed E-state index contributed by atoms with van der Waals surface area (Å²) in [4.78, 5) is 17.6. The number of carbonyl (C=O) groups excluding carboxylic acids is 1. The summed E-state index contributed by atoms with van der Waals surface area (Å²) in [6.45, 7) is 3.56. The van der Waals surface area contributed by atoms with Crippen LogP contribution in [0.4, 0.5) is 5.69 Å². The second-order valence-electron chi connectivity index (χ2n) is 8.61. The molecule has 5 rings (SSSR count). The number of para-hydroxylation sites is 1. The van der Waals surface area contributed by atoms with E-state index in [1.54, 1.807) is 0 Å². The molecule has 3 aromatic carbocycles. The number of nitrogens with zero attached hydrogens (tertiary/aromatic N) is 2. The van der Waals surface area contributed by atoms with Gasteiger partial charge in [0.1, 0.15) is 5.54 Å². The Morgan fingerprint density at radius 2 is 1.39 bits per heavy atom. The van der Waals surface area contributed by atoms with E-state index in [0.29, 0.717) is 6.67 Å². The smallest absolute Gasteiger partial charge is 0.247 e. The fourth-order valence-corrected chi connectivity index (χ4v) is 4.96. The lowest BCUT2D eigenvalue weighted by Crippen LogP contribution is -2.56. The van der Waals surface area contributed by atoms with Gasteiger partial charge in [-0.1, -0.05) is 72.8 Å². The first-order valence-electron chi connectivity index (χ1n) is 11.2. The van der Waals surface area contributed by atoms with Gasteiger partial charge in [-0.3, -0.25) is 4.79 Å². The molecule has 0 bridgehead atoms. The van der Waals surface area contributed by atoms with Crippen molar-refractivity contribution >= 4 is 11.6 Å². The van der Waals surface area contributed by atoms with Gasteiger partial charge >= 0.3 is 0 Å². The number of benzene rings is 3. The molecule has 2 heterocycles. The van der Waals surface area contributed by atoms with E-state index in [-0.39, 0.29) is 5.91 Å². The maximum absolute atomic E-state index is 12.8. The van der Waals surface area contributed by atoms with Crippen LogP contribution >= 0.6 is 0 Å². The second kappa shape index (κ2) is 8.56. The number of rotatable bonds is 5. The van der Waals surface area contributed by atoms with E-state index < -0.39 is 5.54 Å². The van der Waals surface area contributed by atoms with E-state index in [1.807, 2.05) is 18.2 Å². The highest BCUT2D eigenvalue weighted by Crippen LogP contribution is 2.36. The van der Waals surface area contributed by atoms with Gasteiger partial charge in [0.25, 0.3) is 0 Å². The highest BCUT2D eigenvalue weighted by Gasteiger charge is 2.50. The minimum absolute atomic E-state index is 0.188.